The van der Waals surface area contributed by atoms with E-state index in [0.717, 1.165) is 25.9 Å². The molecule has 24 heavy (non-hydrogen) atoms. The van der Waals surface area contributed by atoms with Crippen LogP contribution >= 0.6 is 0 Å². The minimum atomic E-state index is -0.0826. The molecule has 3 heteroatoms. The molecule has 1 spiro atoms. The minimum Gasteiger partial charge on any atom is -0.355 e. The Bertz CT molecular complexity index is 612. The fourth-order valence-electron chi connectivity index (χ4n) is 8.28. The van der Waals surface area contributed by atoms with Crippen LogP contribution in [0.25, 0.3) is 0 Å². The van der Waals surface area contributed by atoms with Gasteiger partial charge in [-0.25, -0.2) is 0 Å². The zero-order chi connectivity index (χ0) is 16.7. The third-order valence-electron chi connectivity index (χ3n) is 8.85. The first-order valence-corrected chi connectivity index (χ1v) is 9.83. The molecule has 4 saturated carbocycles. The molecule has 0 amide bonds. The Balaban J connectivity index is 1.64. The summed E-state index contributed by atoms with van der Waals surface area (Å²) in [4.78, 5) is 12.6. The molecule has 1 heterocycles. The maximum Gasteiger partial charge on any atom is 0.163 e. The largest absolute Gasteiger partial charge is 0.355 e. The van der Waals surface area contributed by atoms with Crippen molar-refractivity contribution in [3.8, 4) is 0 Å². The highest BCUT2D eigenvalue weighted by molar-refractivity contribution is 5.87. The van der Waals surface area contributed by atoms with Crippen molar-refractivity contribution in [3.63, 3.8) is 0 Å². The number of rotatable bonds is 1. The van der Waals surface area contributed by atoms with Gasteiger partial charge in [-0.1, -0.05) is 25.5 Å². The molecule has 132 valence electrons. The van der Waals surface area contributed by atoms with Crippen LogP contribution in [0.1, 0.15) is 58.3 Å². The van der Waals surface area contributed by atoms with Crippen LogP contribution in [0.2, 0.25) is 0 Å². The van der Waals surface area contributed by atoms with E-state index in [0.29, 0.717) is 23.0 Å². The van der Waals surface area contributed by atoms with Gasteiger partial charge in [0.25, 0.3) is 0 Å². The molecule has 0 aromatic carbocycles. The lowest BCUT2D eigenvalue weighted by molar-refractivity contribution is -0.342. The molecular formula is C21H30O3. The van der Waals surface area contributed by atoms with E-state index in [-0.39, 0.29) is 23.0 Å². The first-order chi connectivity index (χ1) is 11.5. The lowest BCUT2D eigenvalue weighted by atomic mass is 9.33. The number of ether oxygens (including phenoxy) is 2. The second kappa shape index (κ2) is 4.73. The Morgan fingerprint density at radius 2 is 2.04 bits per heavy atom. The topological polar surface area (TPSA) is 35.5 Å². The first kappa shape index (κ1) is 15.6. The standard InChI is InChI=1S/C21H30O3/c1-13-11-20-10-7-15-19(2)8-4-9-21(15,18(23-3)24-12-19)16(20)6-5-14(22)17(13)20/h15-18H,1,4-12H2,2-3H3/t15-,16-,17-,18?,19+,20+,21+/m1/s1. The molecule has 5 aliphatic rings. The lowest BCUT2D eigenvalue weighted by Gasteiger charge is -2.73. The van der Waals surface area contributed by atoms with Gasteiger partial charge in [-0.05, 0) is 61.2 Å². The Kier molecular flexibility index (Phi) is 3.07. The molecule has 2 bridgehead atoms. The summed E-state index contributed by atoms with van der Waals surface area (Å²) in [5.74, 6) is 1.86. The SMILES string of the molecule is C=C1C[C@@]23CC[C@@H]4[C@@]5(C)CCC[C@@]4(C(OC)OC5)[C@@H]2CCC(=O)[C@@H]13. The maximum absolute atomic E-state index is 12.6. The zero-order valence-corrected chi connectivity index (χ0v) is 15.1. The van der Waals surface area contributed by atoms with Crippen LogP contribution in [0.4, 0.5) is 0 Å². The predicted octanol–water partition coefficient (Wildman–Crippen LogP) is 4.12. The van der Waals surface area contributed by atoms with Gasteiger partial charge in [0.1, 0.15) is 5.78 Å². The summed E-state index contributed by atoms with van der Waals surface area (Å²) in [6.07, 6.45) is 8.99. The summed E-state index contributed by atoms with van der Waals surface area (Å²) < 4.78 is 12.3. The van der Waals surface area contributed by atoms with Crippen LogP contribution in [0.15, 0.2) is 12.2 Å². The van der Waals surface area contributed by atoms with Crippen molar-refractivity contribution < 1.29 is 14.3 Å². The molecule has 0 radical (unpaired) electrons. The number of carbonyl (C=O) groups excluding carboxylic acids is 1. The molecular weight excluding hydrogens is 300 g/mol. The smallest absolute Gasteiger partial charge is 0.163 e. The fourth-order valence-corrected chi connectivity index (χ4v) is 8.28. The van der Waals surface area contributed by atoms with Gasteiger partial charge in [0.2, 0.25) is 0 Å². The summed E-state index contributed by atoms with van der Waals surface area (Å²) in [6, 6.07) is 0. The van der Waals surface area contributed by atoms with Gasteiger partial charge < -0.3 is 9.47 Å². The van der Waals surface area contributed by atoms with E-state index in [4.69, 9.17) is 9.47 Å². The number of Topliss-reactive ketones (excluding diaryl/α,β-unsaturated/α-hetero) is 1. The van der Waals surface area contributed by atoms with Crippen molar-refractivity contribution in [1.82, 2.24) is 0 Å². The quantitative estimate of drug-likeness (QED) is 0.679. The highest BCUT2D eigenvalue weighted by atomic mass is 16.7. The third-order valence-corrected chi connectivity index (χ3v) is 8.85. The maximum atomic E-state index is 12.6. The first-order valence-electron chi connectivity index (χ1n) is 9.83. The number of hydrogen-bond donors (Lipinski definition) is 0. The summed E-state index contributed by atoms with van der Waals surface area (Å²) in [5.41, 5.74) is 1.80. The molecule has 5 fully saturated rings. The van der Waals surface area contributed by atoms with Gasteiger partial charge in [0.15, 0.2) is 6.29 Å². The van der Waals surface area contributed by atoms with E-state index >= 15 is 0 Å². The van der Waals surface area contributed by atoms with E-state index in [9.17, 15) is 4.79 Å². The summed E-state index contributed by atoms with van der Waals surface area (Å²) in [5, 5.41) is 0. The van der Waals surface area contributed by atoms with Crippen molar-refractivity contribution in [2.75, 3.05) is 13.7 Å². The molecule has 7 atom stereocenters. The average Bonchev–Trinajstić information content (AvgIpc) is 2.52. The van der Waals surface area contributed by atoms with Crippen molar-refractivity contribution in [2.45, 2.75) is 64.6 Å². The van der Waals surface area contributed by atoms with Gasteiger partial charge in [-0.15, -0.1) is 0 Å². The van der Waals surface area contributed by atoms with Crippen LogP contribution in [0, 0.1) is 34.0 Å². The number of allylic oxidation sites excluding steroid dienone is 1. The van der Waals surface area contributed by atoms with Gasteiger partial charge >= 0.3 is 0 Å². The second-order valence-corrected chi connectivity index (χ2v) is 9.65. The van der Waals surface area contributed by atoms with Gasteiger partial charge in [-0.3, -0.25) is 4.79 Å². The Morgan fingerprint density at radius 3 is 2.79 bits per heavy atom. The molecule has 0 aromatic heterocycles. The molecule has 0 aromatic rings. The van der Waals surface area contributed by atoms with Gasteiger partial charge in [0.05, 0.1) is 6.61 Å². The van der Waals surface area contributed by atoms with Crippen LogP contribution in [-0.2, 0) is 14.3 Å². The van der Waals surface area contributed by atoms with Crippen LogP contribution in [-0.4, -0.2) is 25.8 Å². The molecule has 0 N–H and O–H groups in total. The summed E-state index contributed by atoms with van der Waals surface area (Å²) >= 11 is 0. The number of methoxy groups -OCH3 is 1. The highest BCUT2D eigenvalue weighted by Gasteiger charge is 2.73. The molecule has 5 rings (SSSR count). The van der Waals surface area contributed by atoms with Crippen LogP contribution in [0.5, 0.6) is 0 Å². The van der Waals surface area contributed by atoms with Crippen molar-refractivity contribution in [1.29, 1.82) is 0 Å². The van der Waals surface area contributed by atoms with E-state index in [2.05, 4.69) is 13.5 Å². The predicted molar refractivity (Wildman–Crippen MR) is 91.3 cm³/mol. The highest BCUT2D eigenvalue weighted by Crippen LogP contribution is 2.76. The van der Waals surface area contributed by atoms with Crippen LogP contribution in [0.3, 0.4) is 0 Å². The third kappa shape index (κ3) is 1.55. The molecule has 1 aliphatic heterocycles. The Hall–Kier alpha value is -0.670. The van der Waals surface area contributed by atoms with Crippen LogP contribution < -0.4 is 0 Å². The fraction of sp³-hybridized carbons (Fsp3) is 0.857. The van der Waals surface area contributed by atoms with E-state index in [1.165, 1.54) is 37.7 Å². The monoisotopic (exact) mass is 330 g/mol. The second-order valence-electron chi connectivity index (χ2n) is 9.65. The zero-order valence-electron chi connectivity index (χ0n) is 15.1. The summed E-state index contributed by atoms with van der Waals surface area (Å²) in [6.45, 7) is 7.52. The lowest BCUT2D eigenvalue weighted by Crippen LogP contribution is -2.71. The van der Waals surface area contributed by atoms with Gasteiger partial charge in [-0.2, -0.15) is 0 Å². The number of ketones is 1. The normalized spacial score (nSPS) is 55.9. The van der Waals surface area contributed by atoms with Crippen molar-refractivity contribution in [2.24, 2.45) is 34.0 Å². The number of hydrogen-bond acceptors (Lipinski definition) is 3. The van der Waals surface area contributed by atoms with Crippen molar-refractivity contribution in [3.05, 3.63) is 12.2 Å². The Labute approximate surface area is 145 Å². The molecule has 4 aliphatic carbocycles. The van der Waals surface area contributed by atoms with E-state index < -0.39 is 0 Å². The van der Waals surface area contributed by atoms with E-state index in [1.54, 1.807) is 0 Å². The average molecular weight is 330 g/mol. The van der Waals surface area contributed by atoms with Crippen molar-refractivity contribution >= 4 is 5.78 Å². The summed E-state index contributed by atoms with van der Waals surface area (Å²) in [7, 11) is 1.82. The molecule has 1 unspecified atom stereocenters. The molecule has 1 saturated heterocycles. The van der Waals surface area contributed by atoms with Gasteiger partial charge in [0, 0.05) is 24.9 Å². The number of carbonyl (C=O) groups is 1. The minimum absolute atomic E-state index is 0.0826. The van der Waals surface area contributed by atoms with E-state index in [1.807, 2.05) is 7.11 Å². The molecule has 3 nitrogen and oxygen atoms in total. The Morgan fingerprint density at radius 1 is 1.21 bits per heavy atom.